The maximum absolute atomic E-state index is 12.2. The number of rotatable bonds is 7. The van der Waals surface area contributed by atoms with Crippen LogP contribution in [0.25, 0.3) is 0 Å². The Morgan fingerprint density at radius 1 is 1.20 bits per heavy atom. The molecule has 0 bridgehead atoms. The summed E-state index contributed by atoms with van der Waals surface area (Å²) in [4.78, 5) is 0.188. The van der Waals surface area contributed by atoms with Crippen molar-refractivity contribution in [3.8, 4) is 11.5 Å². The second kappa shape index (κ2) is 6.92. The van der Waals surface area contributed by atoms with E-state index >= 15 is 0 Å². The van der Waals surface area contributed by atoms with Crippen molar-refractivity contribution in [2.24, 2.45) is 0 Å². The van der Waals surface area contributed by atoms with E-state index in [1.165, 1.54) is 38.7 Å². The maximum atomic E-state index is 12.2. The third kappa shape index (κ3) is 3.41. The second-order valence-electron chi connectivity index (χ2n) is 4.39. The summed E-state index contributed by atoms with van der Waals surface area (Å²) in [6, 6.07) is 3.09. The topological polar surface area (TPSA) is 67.9 Å². The van der Waals surface area contributed by atoms with Gasteiger partial charge in [0.15, 0.2) is 11.5 Å². The molecule has 1 rings (SSSR count). The van der Waals surface area contributed by atoms with Gasteiger partial charge < -0.3 is 14.8 Å². The van der Waals surface area contributed by atoms with Gasteiger partial charge >= 0.3 is 0 Å². The zero-order valence-corrected chi connectivity index (χ0v) is 13.4. The van der Waals surface area contributed by atoms with E-state index in [1.807, 2.05) is 6.92 Å². The number of hydrogen-bond acceptors (Lipinski definition) is 5. The molecular weight excluding hydrogens is 280 g/mol. The molecular formula is C13H22N2O4S. The van der Waals surface area contributed by atoms with Gasteiger partial charge in [-0.2, -0.15) is 0 Å². The van der Waals surface area contributed by atoms with Crippen LogP contribution in [-0.4, -0.2) is 47.6 Å². The lowest BCUT2D eigenvalue weighted by Crippen LogP contribution is -2.23. The third-order valence-electron chi connectivity index (χ3n) is 2.87. The molecule has 1 aromatic rings. The number of methoxy groups -OCH3 is 2. The van der Waals surface area contributed by atoms with Gasteiger partial charge in [-0.1, -0.05) is 6.92 Å². The summed E-state index contributed by atoms with van der Waals surface area (Å²) in [5.74, 6) is 0.953. The van der Waals surface area contributed by atoms with Crippen LogP contribution in [0, 0.1) is 0 Å². The zero-order valence-electron chi connectivity index (χ0n) is 12.6. The van der Waals surface area contributed by atoms with Crippen molar-refractivity contribution >= 4 is 10.0 Å². The molecule has 0 heterocycles. The summed E-state index contributed by atoms with van der Waals surface area (Å²) in [6.07, 6.45) is 0. The van der Waals surface area contributed by atoms with E-state index in [2.05, 4.69) is 5.32 Å². The largest absolute Gasteiger partial charge is 0.493 e. The quantitative estimate of drug-likeness (QED) is 0.816. The first kappa shape index (κ1) is 16.7. The minimum Gasteiger partial charge on any atom is -0.493 e. The molecule has 0 fully saturated rings. The lowest BCUT2D eigenvalue weighted by atomic mass is 10.2. The molecule has 0 aliphatic heterocycles. The summed E-state index contributed by atoms with van der Waals surface area (Å²) >= 11 is 0. The Morgan fingerprint density at radius 3 is 2.30 bits per heavy atom. The molecule has 0 amide bonds. The first-order valence-corrected chi connectivity index (χ1v) is 7.70. The predicted octanol–water partition coefficient (Wildman–Crippen LogP) is 1.06. The number of nitrogens with zero attached hydrogens (tertiary/aromatic N) is 1. The fourth-order valence-corrected chi connectivity index (χ4v) is 2.73. The summed E-state index contributed by atoms with van der Waals surface area (Å²) in [6.45, 7) is 3.26. The smallest absolute Gasteiger partial charge is 0.242 e. The Labute approximate surface area is 120 Å². The van der Waals surface area contributed by atoms with Crippen molar-refractivity contribution in [1.82, 2.24) is 9.62 Å². The maximum Gasteiger partial charge on any atom is 0.242 e. The molecule has 0 aliphatic rings. The summed E-state index contributed by atoms with van der Waals surface area (Å²) in [5.41, 5.74) is 0.745. The molecule has 1 aromatic carbocycles. The van der Waals surface area contributed by atoms with E-state index in [0.717, 1.165) is 12.1 Å². The van der Waals surface area contributed by atoms with Gasteiger partial charge in [0.2, 0.25) is 10.0 Å². The molecule has 114 valence electrons. The minimum absolute atomic E-state index is 0.188. The van der Waals surface area contributed by atoms with Crippen molar-refractivity contribution < 1.29 is 17.9 Å². The van der Waals surface area contributed by atoms with Gasteiger partial charge in [0.05, 0.1) is 19.1 Å². The SMILES string of the molecule is CCNCc1cc(S(=O)(=O)N(C)C)cc(OC)c1OC. The van der Waals surface area contributed by atoms with Gasteiger partial charge in [0, 0.05) is 32.3 Å². The molecule has 0 saturated heterocycles. The molecule has 0 aliphatic carbocycles. The van der Waals surface area contributed by atoms with Crippen LogP contribution in [0.2, 0.25) is 0 Å². The molecule has 6 nitrogen and oxygen atoms in total. The molecule has 1 N–H and O–H groups in total. The van der Waals surface area contributed by atoms with Crippen LogP contribution in [0.15, 0.2) is 17.0 Å². The molecule has 0 spiro atoms. The Kier molecular flexibility index (Phi) is 5.79. The van der Waals surface area contributed by atoms with Crippen LogP contribution < -0.4 is 14.8 Å². The van der Waals surface area contributed by atoms with Gasteiger partial charge in [-0.15, -0.1) is 0 Å². The number of nitrogens with one attached hydrogen (secondary N) is 1. The van der Waals surface area contributed by atoms with Gasteiger partial charge in [0.1, 0.15) is 0 Å². The highest BCUT2D eigenvalue weighted by atomic mass is 32.2. The summed E-state index contributed by atoms with van der Waals surface area (Å²) < 4.78 is 36.2. The van der Waals surface area contributed by atoms with E-state index in [-0.39, 0.29) is 4.90 Å². The highest BCUT2D eigenvalue weighted by Gasteiger charge is 2.22. The minimum atomic E-state index is -3.51. The molecule has 20 heavy (non-hydrogen) atoms. The van der Waals surface area contributed by atoms with Crippen LogP contribution in [0.4, 0.5) is 0 Å². The Morgan fingerprint density at radius 2 is 1.85 bits per heavy atom. The van der Waals surface area contributed by atoms with E-state index in [9.17, 15) is 8.42 Å². The lowest BCUT2D eigenvalue weighted by Gasteiger charge is -2.17. The molecule has 7 heteroatoms. The van der Waals surface area contributed by atoms with Gasteiger partial charge in [-0.25, -0.2) is 12.7 Å². The van der Waals surface area contributed by atoms with Crippen molar-refractivity contribution in [1.29, 1.82) is 0 Å². The Hall–Kier alpha value is -1.31. The molecule has 0 unspecified atom stereocenters. The Balaban J connectivity index is 3.42. The predicted molar refractivity (Wildman–Crippen MR) is 77.8 cm³/mol. The van der Waals surface area contributed by atoms with E-state index in [4.69, 9.17) is 9.47 Å². The fraction of sp³-hybridized carbons (Fsp3) is 0.538. The van der Waals surface area contributed by atoms with Gasteiger partial charge in [-0.05, 0) is 12.6 Å². The summed E-state index contributed by atoms with van der Waals surface area (Å²) in [5, 5.41) is 3.15. The average molecular weight is 302 g/mol. The highest BCUT2D eigenvalue weighted by Crippen LogP contribution is 2.34. The first-order valence-electron chi connectivity index (χ1n) is 6.26. The second-order valence-corrected chi connectivity index (χ2v) is 6.54. The average Bonchev–Trinajstić information content (AvgIpc) is 2.43. The van der Waals surface area contributed by atoms with Gasteiger partial charge in [0.25, 0.3) is 0 Å². The lowest BCUT2D eigenvalue weighted by molar-refractivity contribution is 0.349. The van der Waals surface area contributed by atoms with E-state index in [1.54, 1.807) is 6.07 Å². The molecule has 0 saturated carbocycles. The number of ether oxygens (including phenoxy) is 2. The molecule has 0 atom stereocenters. The molecule has 0 radical (unpaired) electrons. The number of sulfonamides is 1. The van der Waals surface area contributed by atoms with Crippen molar-refractivity contribution in [3.63, 3.8) is 0 Å². The molecule has 0 aromatic heterocycles. The normalized spacial score (nSPS) is 11.7. The summed E-state index contributed by atoms with van der Waals surface area (Å²) in [7, 11) is 2.50. The third-order valence-corrected chi connectivity index (χ3v) is 4.67. The van der Waals surface area contributed by atoms with E-state index < -0.39 is 10.0 Å². The van der Waals surface area contributed by atoms with Crippen LogP contribution in [-0.2, 0) is 16.6 Å². The number of benzene rings is 1. The van der Waals surface area contributed by atoms with Crippen LogP contribution in [0.1, 0.15) is 12.5 Å². The Bertz CT molecular complexity index is 556. The van der Waals surface area contributed by atoms with Crippen LogP contribution in [0.3, 0.4) is 0 Å². The fourth-order valence-electron chi connectivity index (χ4n) is 1.77. The van der Waals surface area contributed by atoms with Gasteiger partial charge in [-0.3, -0.25) is 0 Å². The zero-order chi connectivity index (χ0) is 15.3. The highest BCUT2D eigenvalue weighted by molar-refractivity contribution is 7.89. The monoisotopic (exact) mass is 302 g/mol. The van der Waals surface area contributed by atoms with Crippen molar-refractivity contribution in [3.05, 3.63) is 17.7 Å². The first-order chi connectivity index (χ1) is 9.38. The van der Waals surface area contributed by atoms with Crippen molar-refractivity contribution in [2.75, 3.05) is 34.9 Å². The standard InChI is InChI=1S/C13H22N2O4S/c1-6-14-9-10-7-11(20(16,17)15(2)3)8-12(18-4)13(10)19-5/h7-8,14H,6,9H2,1-5H3. The van der Waals surface area contributed by atoms with Crippen LogP contribution in [0.5, 0.6) is 11.5 Å². The number of hydrogen-bond donors (Lipinski definition) is 1. The van der Waals surface area contributed by atoms with Crippen molar-refractivity contribution in [2.45, 2.75) is 18.4 Å². The van der Waals surface area contributed by atoms with Crippen LogP contribution >= 0.6 is 0 Å². The van der Waals surface area contributed by atoms with E-state index in [0.29, 0.717) is 18.0 Å².